The number of esters is 1. The minimum atomic E-state index is -0.194. The topological polar surface area (TPSA) is 81.4 Å². The standard InChI is InChI=1S/C27H30N2O4S/c1-5-19-15-22(32-13-7-8-26(30)31-6-2)10-11-23(19)25-17-29-27(34-25)20-9-12-24(33-18(3)4)21(14-20)16-28/h9-12,14-15,17-18H,5-8,13H2,1-4H3. The predicted octanol–water partition coefficient (Wildman–Crippen LogP) is 6.42. The summed E-state index contributed by atoms with van der Waals surface area (Å²) in [7, 11) is 0. The maximum absolute atomic E-state index is 11.5. The van der Waals surface area contributed by atoms with Gasteiger partial charge in [0.25, 0.3) is 0 Å². The fourth-order valence-corrected chi connectivity index (χ4v) is 4.44. The van der Waals surface area contributed by atoms with E-state index in [0.717, 1.165) is 38.7 Å². The second-order valence-electron chi connectivity index (χ2n) is 7.95. The first kappa shape index (κ1) is 25.3. The Kier molecular flexibility index (Phi) is 9.06. The number of aromatic nitrogens is 1. The maximum atomic E-state index is 11.5. The molecular formula is C27H30N2O4S. The minimum absolute atomic E-state index is 0.00129. The summed E-state index contributed by atoms with van der Waals surface area (Å²) in [6.45, 7) is 8.65. The van der Waals surface area contributed by atoms with E-state index in [2.05, 4.69) is 24.0 Å². The monoisotopic (exact) mass is 478 g/mol. The van der Waals surface area contributed by atoms with E-state index < -0.39 is 0 Å². The van der Waals surface area contributed by atoms with Gasteiger partial charge in [-0.25, -0.2) is 4.98 Å². The summed E-state index contributed by atoms with van der Waals surface area (Å²) in [5.74, 6) is 1.18. The van der Waals surface area contributed by atoms with Crippen molar-refractivity contribution >= 4 is 17.3 Å². The molecule has 0 saturated heterocycles. The molecule has 0 aliphatic rings. The van der Waals surface area contributed by atoms with Gasteiger partial charge in [-0.1, -0.05) is 6.92 Å². The molecule has 3 aromatic rings. The van der Waals surface area contributed by atoms with Crippen LogP contribution in [0, 0.1) is 11.3 Å². The summed E-state index contributed by atoms with van der Waals surface area (Å²) < 4.78 is 16.5. The Morgan fingerprint density at radius 3 is 2.71 bits per heavy atom. The Bertz CT molecular complexity index is 1160. The molecular weight excluding hydrogens is 448 g/mol. The van der Waals surface area contributed by atoms with E-state index in [9.17, 15) is 10.1 Å². The summed E-state index contributed by atoms with van der Waals surface area (Å²) >= 11 is 1.59. The number of rotatable bonds is 11. The van der Waals surface area contributed by atoms with Gasteiger partial charge in [0.15, 0.2) is 0 Å². The number of carbonyl (C=O) groups excluding carboxylic acids is 1. The number of aryl methyl sites for hydroxylation is 1. The fraction of sp³-hybridized carbons (Fsp3) is 0.370. The molecule has 34 heavy (non-hydrogen) atoms. The molecule has 0 fully saturated rings. The van der Waals surface area contributed by atoms with Crippen molar-refractivity contribution in [2.24, 2.45) is 0 Å². The molecule has 0 aliphatic heterocycles. The Labute approximate surface area is 205 Å². The predicted molar refractivity (Wildman–Crippen MR) is 134 cm³/mol. The zero-order chi connectivity index (χ0) is 24.5. The number of benzene rings is 2. The van der Waals surface area contributed by atoms with E-state index in [0.29, 0.717) is 37.4 Å². The van der Waals surface area contributed by atoms with Gasteiger partial charge in [0, 0.05) is 18.2 Å². The van der Waals surface area contributed by atoms with Crippen LogP contribution < -0.4 is 9.47 Å². The summed E-state index contributed by atoms with van der Waals surface area (Å²) in [4.78, 5) is 17.1. The van der Waals surface area contributed by atoms with Gasteiger partial charge in [-0.3, -0.25) is 4.79 Å². The molecule has 0 radical (unpaired) electrons. The lowest BCUT2D eigenvalue weighted by Crippen LogP contribution is -2.06. The largest absolute Gasteiger partial charge is 0.494 e. The van der Waals surface area contributed by atoms with Crippen LogP contribution in [0.4, 0.5) is 0 Å². The Morgan fingerprint density at radius 2 is 2.00 bits per heavy atom. The third kappa shape index (κ3) is 6.58. The highest BCUT2D eigenvalue weighted by Crippen LogP contribution is 2.36. The van der Waals surface area contributed by atoms with Gasteiger partial charge in [-0.15, -0.1) is 11.3 Å². The van der Waals surface area contributed by atoms with Crippen LogP contribution in [0.3, 0.4) is 0 Å². The van der Waals surface area contributed by atoms with E-state index in [1.807, 2.05) is 50.4 Å². The van der Waals surface area contributed by atoms with Gasteiger partial charge >= 0.3 is 5.97 Å². The second-order valence-corrected chi connectivity index (χ2v) is 8.98. The molecule has 0 saturated carbocycles. The minimum Gasteiger partial charge on any atom is -0.494 e. The van der Waals surface area contributed by atoms with Crippen LogP contribution in [0.1, 0.15) is 51.7 Å². The average molecular weight is 479 g/mol. The maximum Gasteiger partial charge on any atom is 0.305 e. The molecule has 1 aromatic heterocycles. The number of carbonyl (C=O) groups is 1. The molecule has 3 rings (SSSR count). The lowest BCUT2D eigenvalue weighted by molar-refractivity contribution is -0.143. The molecule has 1 heterocycles. The molecule has 2 aromatic carbocycles. The summed E-state index contributed by atoms with van der Waals surface area (Å²) in [5.41, 5.74) is 3.67. The molecule has 178 valence electrons. The third-order valence-electron chi connectivity index (χ3n) is 5.04. The van der Waals surface area contributed by atoms with Crippen LogP contribution in [0.2, 0.25) is 0 Å². The first-order valence-electron chi connectivity index (χ1n) is 11.5. The van der Waals surface area contributed by atoms with Crippen LogP contribution >= 0.6 is 11.3 Å². The van der Waals surface area contributed by atoms with E-state index in [1.54, 1.807) is 18.3 Å². The zero-order valence-corrected chi connectivity index (χ0v) is 20.9. The molecule has 6 nitrogen and oxygen atoms in total. The SMILES string of the molecule is CCOC(=O)CCCOc1ccc(-c2cnc(-c3ccc(OC(C)C)c(C#N)c3)s2)c(CC)c1. The summed E-state index contributed by atoms with van der Waals surface area (Å²) in [5, 5.41) is 10.4. The van der Waals surface area contributed by atoms with Gasteiger partial charge in [-0.05, 0) is 81.1 Å². The number of ether oxygens (including phenoxy) is 3. The van der Waals surface area contributed by atoms with Crippen LogP contribution in [-0.4, -0.2) is 30.3 Å². The first-order valence-corrected chi connectivity index (χ1v) is 12.4. The van der Waals surface area contributed by atoms with Crippen molar-refractivity contribution in [1.82, 2.24) is 4.98 Å². The fourth-order valence-electron chi connectivity index (χ4n) is 3.47. The zero-order valence-electron chi connectivity index (χ0n) is 20.1. The summed E-state index contributed by atoms with van der Waals surface area (Å²) in [6.07, 6.45) is 3.70. The average Bonchev–Trinajstić information content (AvgIpc) is 3.32. The highest BCUT2D eigenvalue weighted by atomic mass is 32.1. The van der Waals surface area contributed by atoms with Gasteiger partial charge in [-0.2, -0.15) is 5.26 Å². The number of nitriles is 1. The van der Waals surface area contributed by atoms with Crippen molar-refractivity contribution in [3.63, 3.8) is 0 Å². The molecule has 0 aliphatic carbocycles. The van der Waals surface area contributed by atoms with E-state index in [-0.39, 0.29) is 12.1 Å². The van der Waals surface area contributed by atoms with Crippen molar-refractivity contribution in [3.05, 3.63) is 53.7 Å². The van der Waals surface area contributed by atoms with E-state index in [4.69, 9.17) is 14.2 Å². The van der Waals surface area contributed by atoms with Crippen molar-refractivity contribution in [2.45, 2.75) is 53.1 Å². The third-order valence-corrected chi connectivity index (χ3v) is 6.12. The molecule has 0 unspecified atom stereocenters. The lowest BCUT2D eigenvalue weighted by atomic mass is 10.0. The molecule has 0 amide bonds. The van der Waals surface area contributed by atoms with Crippen molar-refractivity contribution in [2.75, 3.05) is 13.2 Å². The molecule has 0 spiro atoms. The number of hydrogen-bond acceptors (Lipinski definition) is 7. The number of hydrogen-bond donors (Lipinski definition) is 0. The number of thiazole rings is 1. The Hall–Kier alpha value is -3.37. The van der Waals surface area contributed by atoms with Crippen molar-refractivity contribution < 1.29 is 19.0 Å². The van der Waals surface area contributed by atoms with Crippen molar-refractivity contribution in [3.8, 4) is 38.6 Å². The molecule has 0 bridgehead atoms. The highest BCUT2D eigenvalue weighted by Gasteiger charge is 2.14. The lowest BCUT2D eigenvalue weighted by Gasteiger charge is -2.11. The molecule has 0 atom stereocenters. The second kappa shape index (κ2) is 12.2. The van der Waals surface area contributed by atoms with Crippen LogP contribution in [0.25, 0.3) is 21.0 Å². The van der Waals surface area contributed by atoms with Crippen molar-refractivity contribution in [1.29, 1.82) is 5.26 Å². The van der Waals surface area contributed by atoms with Gasteiger partial charge in [0.1, 0.15) is 22.6 Å². The van der Waals surface area contributed by atoms with Gasteiger partial charge in [0.05, 0.1) is 29.8 Å². The number of nitrogens with zero attached hydrogens (tertiary/aromatic N) is 2. The highest BCUT2D eigenvalue weighted by molar-refractivity contribution is 7.18. The van der Waals surface area contributed by atoms with Gasteiger partial charge < -0.3 is 14.2 Å². The summed E-state index contributed by atoms with van der Waals surface area (Å²) in [6, 6.07) is 13.9. The Morgan fingerprint density at radius 1 is 1.18 bits per heavy atom. The molecule has 0 N–H and O–H groups in total. The smallest absolute Gasteiger partial charge is 0.305 e. The van der Waals surface area contributed by atoms with E-state index in [1.165, 1.54) is 0 Å². The quantitative estimate of drug-likeness (QED) is 0.234. The Balaban J connectivity index is 1.73. The van der Waals surface area contributed by atoms with Crippen LogP contribution in [-0.2, 0) is 16.0 Å². The normalized spacial score (nSPS) is 10.7. The van der Waals surface area contributed by atoms with Gasteiger partial charge in [0.2, 0.25) is 0 Å². The van der Waals surface area contributed by atoms with E-state index >= 15 is 0 Å². The van der Waals surface area contributed by atoms with Crippen LogP contribution in [0.15, 0.2) is 42.6 Å². The molecule has 7 heteroatoms. The first-order chi connectivity index (χ1) is 16.4. The van der Waals surface area contributed by atoms with Crippen LogP contribution in [0.5, 0.6) is 11.5 Å².